The molecule has 1 heterocycles. The Morgan fingerprint density at radius 2 is 2.05 bits per heavy atom. The molecule has 3 heteroatoms. The number of hydrogen-bond donors (Lipinski definition) is 0. The molecule has 1 aromatic carbocycles. The van der Waals surface area contributed by atoms with Gasteiger partial charge in [0.05, 0.1) is 6.61 Å². The van der Waals surface area contributed by atoms with Gasteiger partial charge in [0.25, 0.3) is 0 Å². The molecule has 0 bridgehead atoms. The number of aldehydes is 1. The predicted octanol–water partition coefficient (Wildman–Crippen LogP) is 3.52. The summed E-state index contributed by atoms with van der Waals surface area (Å²) in [6.07, 6.45) is 3.91. The molecule has 2 rings (SSSR count). The van der Waals surface area contributed by atoms with E-state index >= 15 is 0 Å². The second-order valence-electron chi connectivity index (χ2n) is 5.21. The van der Waals surface area contributed by atoms with E-state index < -0.39 is 0 Å². The number of ether oxygens (including phenoxy) is 1. The summed E-state index contributed by atoms with van der Waals surface area (Å²) in [5.41, 5.74) is 1.84. The lowest BCUT2D eigenvalue weighted by molar-refractivity contribution is 0.112. The van der Waals surface area contributed by atoms with Crippen molar-refractivity contribution >= 4 is 17.2 Å². The number of nitrogens with zero attached hydrogens (tertiary/aromatic N) is 1. The number of rotatable bonds is 7. The highest BCUT2D eigenvalue weighted by Gasteiger charge is 2.06. The number of benzene rings is 1. The van der Waals surface area contributed by atoms with Gasteiger partial charge in [0.2, 0.25) is 0 Å². The molecule has 0 fully saturated rings. The quantitative estimate of drug-likeness (QED) is 0.563. The fourth-order valence-electron chi connectivity index (χ4n) is 2.14. The highest BCUT2D eigenvalue weighted by molar-refractivity contribution is 5.97. The van der Waals surface area contributed by atoms with Gasteiger partial charge < -0.3 is 9.30 Å². The van der Waals surface area contributed by atoms with E-state index in [0.717, 1.165) is 42.3 Å². The highest BCUT2D eigenvalue weighted by Crippen LogP contribution is 2.19. The maximum atomic E-state index is 11.0. The molecule has 0 amide bonds. The zero-order valence-electron chi connectivity index (χ0n) is 11.6. The van der Waals surface area contributed by atoms with Crippen LogP contribution < -0.4 is 0 Å². The molecule has 0 aliphatic carbocycles. The van der Waals surface area contributed by atoms with Crippen LogP contribution in [0.25, 0.3) is 10.9 Å². The van der Waals surface area contributed by atoms with Crippen LogP contribution in [0.2, 0.25) is 0 Å². The topological polar surface area (TPSA) is 31.2 Å². The number of fused-ring (bicyclic) bond motifs is 1. The van der Waals surface area contributed by atoms with Crippen molar-refractivity contribution in [2.24, 2.45) is 5.92 Å². The number of carbonyl (C=O) groups excluding carboxylic acids is 1. The molecule has 0 unspecified atom stereocenters. The summed E-state index contributed by atoms with van der Waals surface area (Å²) in [5, 5.41) is 1.01. The minimum absolute atomic E-state index is 0.675. The summed E-state index contributed by atoms with van der Waals surface area (Å²) in [6, 6.07) is 7.97. The van der Waals surface area contributed by atoms with Crippen LogP contribution in [0.15, 0.2) is 30.5 Å². The van der Waals surface area contributed by atoms with Crippen molar-refractivity contribution in [3.63, 3.8) is 0 Å². The fraction of sp³-hybridized carbons (Fsp3) is 0.438. The molecule has 3 nitrogen and oxygen atoms in total. The first-order chi connectivity index (χ1) is 9.22. The minimum atomic E-state index is 0.675. The Morgan fingerprint density at radius 1 is 1.26 bits per heavy atom. The van der Waals surface area contributed by atoms with Crippen molar-refractivity contribution in [2.45, 2.75) is 26.8 Å². The fourth-order valence-corrected chi connectivity index (χ4v) is 2.14. The van der Waals surface area contributed by atoms with Crippen molar-refractivity contribution in [1.82, 2.24) is 4.57 Å². The molecule has 1 aromatic heterocycles. The van der Waals surface area contributed by atoms with Crippen molar-refractivity contribution < 1.29 is 9.53 Å². The third-order valence-electron chi connectivity index (χ3n) is 3.26. The maximum Gasteiger partial charge on any atom is 0.152 e. The zero-order valence-corrected chi connectivity index (χ0v) is 11.6. The molecule has 0 N–H and O–H groups in total. The lowest BCUT2D eigenvalue weighted by Crippen LogP contribution is -2.07. The predicted molar refractivity (Wildman–Crippen MR) is 77.6 cm³/mol. The van der Waals surface area contributed by atoms with Gasteiger partial charge in [-0.1, -0.05) is 32.0 Å². The first kappa shape index (κ1) is 13.8. The average Bonchev–Trinajstić information content (AvgIpc) is 2.76. The summed E-state index contributed by atoms with van der Waals surface area (Å²) >= 11 is 0. The van der Waals surface area contributed by atoms with Crippen LogP contribution in [0.5, 0.6) is 0 Å². The van der Waals surface area contributed by atoms with Gasteiger partial charge in [-0.05, 0) is 18.4 Å². The molecule has 102 valence electrons. The van der Waals surface area contributed by atoms with Gasteiger partial charge in [-0.2, -0.15) is 0 Å². The third-order valence-corrected chi connectivity index (χ3v) is 3.26. The molecule has 0 aliphatic rings. The lowest BCUT2D eigenvalue weighted by atomic mass is 10.1. The Kier molecular flexibility index (Phi) is 4.74. The number of hydrogen-bond acceptors (Lipinski definition) is 2. The average molecular weight is 259 g/mol. The molecule has 0 saturated heterocycles. The largest absolute Gasteiger partial charge is 0.380 e. The second kappa shape index (κ2) is 6.53. The van der Waals surface area contributed by atoms with Gasteiger partial charge in [0.15, 0.2) is 6.29 Å². The Bertz CT molecular complexity index is 543. The van der Waals surface area contributed by atoms with Crippen LogP contribution >= 0.6 is 0 Å². The summed E-state index contributed by atoms with van der Waals surface area (Å²) in [4.78, 5) is 11.0. The van der Waals surface area contributed by atoms with Crippen LogP contribution in [0.1, 0.15) is 30.6 Å². The SMILES string of the molecule is CC(C)CCOCCn1cc(C=O)c2ccccc21. The van der Waals surface area contributed by atoms with Crippen LogP contribution in [-0.2, 0) is 11.3 Å². The van der Waals surface area contributed by atoms with E-state index in [0.29, 0.717) is 12.5 Å². The Morgan fingerprint density at radius 3 is 2.79 bits per heavy atom. The third kappa shape index (κ3) is 3.44. The lowest BCUT2D eigenvalue weighted by Gasteiger charge is -2.08. The first-order valence-corrected chi connectivity index (χ1v) is 6.83. The molecule has 0 atom stereocenters. The van der Waals surface area contributed by atoms with Crippen LogP contribution in [0.4, 0.5) is 0 Å². The number of carbonyl (C=O) groups is 1. The van der Waals surface area contributed by atoms with Gasteiger partial charge in [-0.25, -0.2) is 0 Å². The molecular weight excluding hydrogens is 238 g/mol. The van der Waals surface area contributed by atoms with Gasteiger partial charge >= 0.3 is 0 Å². The molecule has 0 aliphatic heterocycles. The monoisotopic (exact) mass is 259 g/mol. The summed E-state index contributed by atoms with van der Waals surface area (Å²) in [5.74, 6) is 0.675. The van der Waals surface area contributed by atoms with E-state index in [1.165, 1.54) is 0 Å². The minimum Gasteiger partial charge on any atom is -0.380 e. The van der Waals surface area contributed by atoms with Gasteiger partial charge in [0.1, 0.15) is 0 Å². The van der Waals surface area contributed by atoms with E-state index in [-0.39, 0.29) is 0 Å². The first-order valence-electron chi connectivity index (χ1n) is 6.83. The summed E-state index contributed by atoms with van der Waals surface area (Å²) < 4.78 is 7.72. The number of aromatic nitrogens is 1. The van der Waals surface area contributed by atoms with Crippen LogP contribution in [-0.4, -0.2) is 24.1 Å². The van der Waals surface area contributed by atoms with Crippen LogP contribution in [0.3, 0.4) is 0 Å². The standard InChI is InChI=1S/C16H21NO2/c1-13(2)7-9-19-10-8-17-11-14(12-18)15-5-3-4-6-16(15)17/h3-6,11-13H,7-10H2,1-2H3. The molecule has 0 saturated carbocycles. The summed E-state index contributed by atoms with van der Waals surface area (Å²) in [7, 11) is 0. The van der Waals surface area contributed by atoms with E-state index in [9.17, 15) is 4.79 Å². The summed E-state index contributed by atoms with van der Waals surface area (Å²) in [6.45, 7) is 6.66. The van der Waals surface area contributed by atoms with Gasteiger partial charge in [0, 0.05) is 35.8 Å². The molecule has 0 spiro atoms. The Balaban J connectivity index is 1.99. The van der Waals surface area contributed by atoms with Crippen molar-refractivity contribution in [1.29, 1.82) is 0 Å². The second-order valence-corrected chi connectivity index (χ2v) is 5.21. The van der Waals surface area contributed by atoms with Crippen LogP contribution in [0, 0.1) is 5.92 Å². The van der Waals surface area contributed by atoms with E-state index in [2.05, 4.69) is 18.4 Å². The molecular formula is C16H21NO2. The van der Waals surface area contributed by atoms with Crippen molar-refractivity contribution in [3.05, 3.63) is 36.0 Å². The van der Waals surface area contributed by atoms with E-state index in [1.54, 1.807) is 0 Å². The Labute approximate surface area is 114 Å². The smallest absolute Gasteiger partial charge is 0.152 e. The maximum absolute atomic E-state index is 11.0. The zero-order chi connectivity index (χ0) is 13.7. The molecule has 19 heavy (non-hydrogen) atoms. The van der Waals surface area contributed by atoms with Crippen molar-refractivity contribution in [3.8, 4) is 0 Å². The van der Waals surface area contributed by atoms with Crippen molar-refractivity contribution in [2.75, 3.05) is 13.2 Å². The van der Waals surface area contributed by atoms with E-state index in [1.807, 2.05) is 30.5 Å². The van der Waals surface area contributed by atoms with Gasteiger partial charge in [-0.15, -0.1) is 0 Å². The van der Waals surface area contributed by atoms with Gasteiger partial charge in [-0.3, -0.25) is 4.79 Å². The highest BCUT2D eigenvalue weighted by atomic mass is 16.5. The molecule has 2 aromatic rings. The normalized spacial score (nSPS) is 11.3. The molecule has 0 radical (unpaired) electrons. The Hall–Kier alpha value is -1.61. The number of para-hydroxylation sites is 1. The van der Waals surface area contributed by atoms with E-state index in [4.69, 9.17) is 4.74 Å².